The summed E-state index contributed by atoms with van der Waals surface area (Å²) in [4.78, 5) is 10.9. The Hall–Kier alpha value is -1.65. The Kier molecular flexibility index (Phi) is 1.70. The van der Waals surface area contributed by atoms with Crippen molar-refractivity contribution >= 4 is 11.6 Å². The third-order valence-corrected chi connectivity index (χ3v) is 2.11. The lowest BCUT2D eigenvalue weighted by molar-refractivity contribution is -0.139. The second-order valence-electron chi connectivity index (χ2n) is 2.91. The zero-order chi connectivity index (χ0) is 10.3. The summed E-state index contributed by atoms with van der Waals surface area (Å²) in [7, 11) is 1.36. The van der Waals surface area contributed by atoms with E-state index in [4.69, 9.17) is 4.74 Å². The molecule has 1 aliphatic rings. The van der Waals surface area contributed by atoms with E-state index in [1.807, 2.05) is 0 Å². The second kappa shape index (κ2) is 2.67. The molecular formula is C9H7F2NO2. The van der Waals surface area contributed by atoms with Crippen molar-refractivity contribution in [1.29, 1.82) is 0 Å². The summed E-state index contributed by atoms with van der Waals surface area (Å²) >= 11 is 0. The zero-order valence-corrected chi connectivity index (χ0v) is 7.30. The SMILES string of the molecule is COc1cccc2c1NC(=O)C2(F)F. The molecule has 0 bridgehead atoms. The Bertz CT molecular complexity index is 404. The topological polar surface area (TPSA) is 38.3 Å². The van der Waals surface area contributed by atoms with Crippen LogP contribution in [0.1, 0.15) is 5.56 Å². The van der Waals surface area contributed by atoms with Crippen LogP contribution in [0.5, 0.6) is 5.75 Å². The van der Waals surface area contributed by atoms with Crippen LogP contribution in [0.3, 0.4) is 0 Å². The van der Waals surface area contributed by atoms with Gasteiger partial charge in [-0.1, -0.05) is 12.1 Å². The maximum Gasteiger partial charge on any atom is 0.352 e. The number of alkyl halides is 2. The van der Waals surface area contributed by atoms with Crippen LogP contribution in [0.2, 0.25) is 0 Å². The van der Waals surface area contributed by atoms with E-state index in [1.54, 1.807) is 0 Å². The fraction of sp³-hybridized carbons (Fsp3) is 0.222. The van der Waals surface area contributed by atoms with Gasteiger partial charge in [-0.3, -0.25) is 4.79 Å². The van der Waals surface area contributed by atoms with Gasteiger partial charge in [0.05, 0.1) is 18.4 Å². The van der Waals surface area contributed by atoms with Crippen molar-refractivity contribution in [2.75, 3.05) is 12.4 Å². The van der Waals surface area contributed by atoms with Gasteiger partial charge in [0.2, 0.25) is 0 Å². The molecule has 1 N–H and O–H groups in total. The molecule has 0 saturated carbocycles. The molecule has 0 atom stereocenters. The molecule has 1 aromatic carbocycles. The minimum Gasteiger partial charge on any atom is -0.495 e. The predicted octanol–water partition coefficient (Wildman–Crippen LogP) is 1.74. The van der Waals surface area contributed by atoms with Gasteiger partial charge in [0.25, 0.3) is 5.91 Å². The van der Waals surface area contributed by atoms with Crippen molar-refractivity contribution in [2.24, 2.45) is 0 Å². The van der Waals surface area contributed by atoms with Crippen LogP contribution in [-0.4, -0.2) is 13.0 Å². The number of rotatable bonds is 1. The lowest BCUT2D eigenvalue weighted by atomic mass is 10.1. The van der Waals surface area contributed by atoms with Gasteiger partial charge in [0.15, 0.2) is 0 Å². The highest BCUT2D eigenvalue weighted by Crippen LogP contribution is 2.44. The minimum absolute atomic E-state index is 0.0602. The molecule has 14 heavy (non-hydrogen) atoms. The van der Waals surface area contributed by atoms with Gasteiger partial charge in [-0.05, 0) is 6.07 Å². The predicted molar refractivity (Wildman–Crippen MR) is 45.5 cm³/mol. The average molecular weight is 199 g/mol. The van der Waals surface area contributed by atoms with Crippen LogP contribution in [-0.2, 0) is 10.7 Å². The van der Waals surface area contributed by atoms with E-state index in [-0.39, 0.29) is 17.0 Å². The monoisotopic (exact) mass is 199 g/mol. The molecule has 5 heteroatoms. The van der Waals surface area contributed by atoms with E-state index in [1.165, 1.54) is 25.3 Å². The third-order valence-electron chi connectivity index (χ3n) is 2.11. The fourth-order valence-corrected chi connectivity index (χ4v) is 1.41. The molecule has 1 aromatic rings. The van der Waals surface area contributed by atoms with Crippen molar-refractivity contribution < 1.29 is 18.3 Å². The first-order chi connectivity index (χ1) is 6.57. The summed E-state index contributed by atoms with van der Waals surface area (Å²) in [6, 6.07) is 4.14. The van der Waals surface area contributed by atoms with Crippen molar-refractivity contribution in [1.82, 2.24) is 0 Å². The number of methoxy groups -OCH3 is 1. The van der Waals surface area contributed by atoms with E-state index in [9.17, 15) is 13.6 Å². The van der Waals surface area contributed by atoms with E-state index in [2.05, 4.69) is 5.32 Å². The number of halogens is 2. The van der Waals surface area contributed by atoms with E-state index < -0.39 is 11.8 Å². The largest absolute Gasteiger partial charge is 0.495 e. The first-order valence-corrected chi connectivity index (χ1v) is 3.94. The number of amides is 1. The van der Waals surface area contributed by atoms with Crippen molar-refractivity contribution in [3.8, 4) is 5.75 Å². The molecule has 1 aliphatic heterocycles. The number of carbonyl (C=O) groups is 1. The molecular weight excluding hydrogens is 192 g/mol. The molecule has 2 rings (SSSR count). The van der Waals surface area contributed by atoms with Gasteiger partial charge < -0.3 is 10.1 Å². The number of carbonyl (C=O) groups excluding carboxylic acids is 1. The van der Waals surface area contributed by atoms with Gasteiger partial charge in [0, 0.05) is 0 Å². The highest BCUT2D eigenvalue weighted by atomic mass is 19.3. The highest BCUT2D eigenvalue weighted by Gasteiger charge is 2.49. The molecule has 3 nitrogen and oxygen atoms in total. The van der Waals surface area contributed by atoms with Gasteiger partial charge in [0.1, 0.15) is 5.75 Å². The fourth-order valence-electron chi connectivity index (χ4n) is 1.41. The van der Waals surface area contributed by atoms with E-state index >= 15 is 0 Å². The van der Waals surface area contributed by atoms with Crippen LogP contribution in [0.15, 0.2) is 18.2 Å². The molecule has 0 radical (unpaired) electrons. The Morgan fingerprint density at radius 2 is 2.14 bits per heavy atom. The summed E-state index contributed by atoms with van der Waals surface area (Å²) in [6.45, 7) is 0. The Morgan fingerprint density at radius 1 is 1.43 bits per heavy atom. The number of fused-ring (bicyclic) bond motifs is 1. The molecule has 74 valence electrons. The van der Waals surface area contributed by atoms with Crippen molar-refractivity contribution in [2.45, 2.75) is 5.92 Å². The molecule has 0 saturated heterocycles. The Labute approximate surface area is 78.7 Å². The number of para-hydroxylation sites is 1. The summed E-state index contributed by atoms with van der Waals surface area (Å²) in [5.74, 6) is -4.52. The van der Waals surface area contributed by atoms with Gasteiger partial charge in [-0.15, -0.1) is 0 Å². The molecule has 1 heterocycles. The number of nitrogens with one attached hydrogen (secondary N) is 1. The molecule has 0 aromatic heterocycles. The number of benzene rings is 1. The third kappa shape index (κ3) is 0.982. The summed E-state index contributed by atoms with van der Waals surface area (Å²) in [5.41, 5.74) is -0.271. The summed E-state index contributed by atoms with van der Waals surface area (Å²) < 4.78 is 31.2. The van der Waals surface area contributed by atoms with Crippen LogP contribution < -0.4 is 10.1 Å². The average Bonchev–Trinajstić information content (AvgIpc) is 2.39. The summed E-state index contributed by atoms with van der Waals surface area (Å²) in [5, 5.41) is 2.09. The standard InChI is InChI=1S/C9H7F2NO2/c1-14-6-4-2-3-5-7(6)12-8(13)9(5,10)11/h2-4H,1H3,(H,12,13). The van der Waals surface area contributed by atoms with Gasteiger partial charge in [-0.25, -0.2) is 0 Å². The van der Waals surface area contributed by atoms with Crippen molar-refractivity contribution in [3.05, 3.63) is 23.8 Å². The zero-order valence-electron chi connectivity index (χ0n) is 7.30. The maximum atomic E-state index is 13.2. The molecule has 0 unspecified atom stereocenters. The number of hydrogen-bond donors (Lipinski definition) is 1. The number of ether oxygens (including phenoxy) is 1. The van der Waals surface area contributed by atoms with Gasteiger partial charge >= 0.3 is 5.92 Å². The lowest BCUT2D eigenvalue weighted by Gasteiger charge is -2.07. The van der Waals surface area contributed by atoms with E-state index in [0.29, 0.717) is 0 Å². The minimum atomic E-state index is -3.45. The molecule has 0 fully saturated rings. The maximum absolute atomic E-state index is 13.2. The normalized spacial score (nSPS) is 17.5. The Morgan fingerprint density at radius 3 is 2.79 bits per heavy atom. The quantitative estimate of drug-likeness (QED) is 0.748. The summed E-state index contributed by atoms with van der Waals surface area (Å²) in [6.07, 6.45) is 0. The van der Waals surface area contributed by atoms with Crippen LogP contribution in [0, 0.1) is 0 Å². The van der Waals surface area contributed by atoms with Crippen LogP contribution >= 0.6 is 0 Å². The molecule has 1 amide bonds. The molecule has 0 aliphatic carbocycles. The molecule has 0 spiro atoms. The second-order valence-corrected chi connectivity index (χ2v) is 2.91. The van der Waals surface area contributed by atoms with Gasteiger partial charge in [-0.2, -0.15) is 8.78 Å². The lowest BCUT2D eigenvalue weighted by Crippen LogP contribution is -2.23. The first-order valence-electron chi connectivity index (χ1n) is 3.94. The highest BCUT2D eigenvalue weighted by molar-refractivity contribution is 6.05. The van der Waals surface area contributed by atoms with Crippen molar-refractivity contribution in [3.63, 3.8) is 0 Å². The number of hydrogen-bond acceptors (Lipinski definition) is 2. The number of anilines is 1. The smallest absolute Gasteiger partial charge is 0.352 e. The van der Waals surface area contributed by atoms with Crippen LogP contribution in [0.25, 0.3) is 0 Å². The van der Waals surface area contributed by atoms with Crippen LogP contribution in [0.4, 0.5) is 14.5 Å². The van der Waals surface area contributed by atoms with E-state index in [0.717, 1.165) is 0 Å². The Balaban J connectivity index is 2.63. The first kappa shape index (κ1) is 8.93.